The second kappa shape index (κ2) is 13.4. The van der Waals surface area contributed by atoms with Crippen LogP contribution in [0, 0.1) is 5.82 Å². The lowest BCUT2D eigenvalue weighted by Crippen LogP contribution is -2.49. The molecule has 0 bridgehead atoms. The zero-order chi connectivity index (χ0) is 28.8. The molecule has 0 amide bonds. The molecule has 0 aliphatic carbocycles. The third-order valence-electron chi connectivity index (χ3n) is 7.10. The van der Waals surface area contributed by atoms with E-state index < -0.39 is 15.8 Å². The summed E-state index contributed by atoms with van der Waals surface area (Å²) < 4.78 is 56.1. The molecule has 2 aliphatic heterocycles. The van der Waals surface area contributed by atoms with Crippen LogP contribution in [0.1, 0.15) is 19.3 Å². The lowest BCUT2D eigenvalue weighted by Gasteiger charge is -2.32. The fraction of sp³-hybridized carbons (Fsp3) is 0.481. The molecule has 0 unspecified atom stereocenters. The van der Waals surface area contributed by atoms with Crippen LogP contribution in [0.4, 0.5) is 15.9 Å². The molecule has 14 heteroatoms. The van der Waals surface area contributed by atoms with Crippen molar-refractivity contribution in [3.8, 4) is 11.5 Å². The average molecular weight is 609 g/mol. The van der Waals surface area contributed by atoms with Crippen molar-refractivity contribution in [2.24, 2.45) is 0 Å². The number of hydrazine groups is 1. The van der Waals surface area contributed by atoms with Gasteiger partial charge >= 0.3 is 0 Å². The quantitative estimate of drug-likeness (QED) is 0.334. The third kappa shape index (κ3) is 7.93. The molecule has 222 valence electrons. The normalized spacial score (nSPS) is 17.5. The Morgan fingerprint density at radius 3 is 2.61 bits per heavy atom. The number of sulfonamides is 1. The zero-order valence-electron chi connectivity index (χ0n) is 22.8. The molecule has 2 saturated heterocycles. The van der Waals surface area contributed by atoms with Gasteiger partial charge in [0.25, 0.3) is 0 Å². The molecule has 41 heavy (non-hydrogen) atoms. The van der Waals surface area contributed by atoms with Crippen LogP contribution in [-0.2, 0) is 14.8 Å². The van der Waals surface area contributed by atoms with Gasteiger partial charge in [-0.1, -0.05) is 11.6 Å². The molecule has 3 aromatic rings. The van der Waals surface area contributed by atoms with Gasteiger partial charge in [0.15, 0.2) is 11.5 Å². The maximum absolute atomic E-state index is 13.6. The highest BCUT2D eigenvalue weighted by molar-refractivity contribution is 7.89. The number of rotatable bonds is 11. The van der Waals surface area contributed by atoms with Crippen molar-refractivity contribution < 1.29 is 27.0 Å². The van der Waals surface area contributed by atoms with Crippen molar-refractivity contribution in [2.45, 2.75) is 25.4 Å². The van der Waals surface area contributed by atoms with Gasteiger partial charge in [0, 0.05) is 43.3 Å². The number of halogens is 2. The number of hydrogen-bond acceptors (Lipinski definition) is 10. The summed E-state index contributed by atoms with van der Waals surface area (Å²) in [5, 5.41) is 5.59. The number of methoxy groups -OCH3 is 1. The maximum atomic E-state index is 13.6. The number of anilines is 2. The average Bonchev–Trinajstić information content (AvgIpc) is 2.96. The van der Waals surface area contributed by atoms with Gasteiger partial charge in [0.05, 0.1) is 36.6 Å². The van der Waals surface area contributed by atoms with Crippen LogP contribution in [0.5, 0.6) is 11.5 Å². The van der Waals surface area contributed by atoms with Gasteiger partial charge in [-0.15, -0.1) is 4.83 Å². The van der Waals surface area contributed by atoms with Crippen LogP contribution < -0.4 is 19.6 Å². The molecule has 0 radical (unpaired) electrons. The first-order chi connectivity index (χ1) is 19.8. The lowest BCUT2D eigenvalue weighted by molar-refractivity contribution is 0.0380. The van der Waals surface area contributed by atoms with Gasteiger partial charge in [-0.2, -0.15) is 0 Å². The highest BCUT2D eigenvalue weighted by Gasteiger charge is 2.25. The van der Waals surface area contributed by atoms with Crippen LogP contribution in [0.25, 0.3) is 10.9 Å². The van der Waals surface area contributed by atoms with Crippen LogP contribution in [0.2, 0.25) is 5.02 Å². The van der Waals surface area contributed by atoms with E-state index in [4.69, 9.17) is 25.8 Å². The van der Waals surface area contributed by atoms with E-state index in [0.717, 1.165) is 19.6 Å². The molecule has 0 spiro atoms. The van der Waals surface area contributed by atoms with E-state index in [-0.39, 0.29) is 16.9 Å². The summed E-state index contributed by atoms with van der Waals surface area (Å²) >= 11 is 5.94. The van der Waals surface area contributed by atoms with E-state index in [1.165, 1.54) is 18.5 Å². The predicted molar refractivity (Wildman–Crippen MR) is 155 cm³/mol. The standard InChI is InChI=1S/C27H34ClFN6O5S/c1-38-25-17-24-21(27(31-18-30-24)32-19-3-4-23(29)22(28)15-19)16-26(25)40-20-5-8-35(9-6-20)33-41(36,37)14-2-7-34-10-12-39-13-11-34/h3-4,15-18,20,33H,2,5-14H2,1H3,(H,30,31,32). The summed E-state index contributed by atoms with van der Waals surface area (Å²) in [5.74, 6) is 1.13. The third-order valence-corrected chi connectivity index (χ3v) is 8.75. The van der Waals surface area contributed by atoms with Crippen molar-refractivity contribution in [3.05, 3.63) is 47.5 Å². The number of hydrogen-bond donors (Lipinski definition) is 2. The molecule has 2 aromatic carbocycles. The number of fused-ring (bicyclic) bond motifs is 1. The van der Waals surface area contributed by atoms with Crippen LogP contribution in [0.15, 0.2) is 36.7 Å². The van der Waals surface area contributed by atoms with Gasteiger partial charge in [-0.3, -0.25) is 4.90 Å². The number of nitrogens with zero attached hydrogens (tertiary/aromatic N) is 4. The minimum absolute atomic E-state index is 0.000624. The Labute approximate surface area is 244 Å². The van der Waals surface area contributed by atoms with Gasteiger partial charge in [-0.25, -0.2) is 27.8 Å². The molecule has 0 saturated carbocycles. The second-order valence-corrected chi connectivity index (χ2v) is 12.2. The molecule has 1 aromatic heterocycles. The second-order valence-electron chi connectivity index (χ2n) is 10.0. The minimum Gasteiger partial charge on any atom is -0.493 e. The maximum Gasteiger partial charge on any atom is 0.224 e. The molecule has 3 heterocycles. The van der Waals surface area contributed by atoms with Crippen molar-refractivity contribution in [1.29, 1.82) is 0 Å². The Hall–Kier alpha value is -2.81. The Balaban J connectivity index is 1.19. The fourth-order valence-electron chi connectivity index (χ4n) is 4.92. The number of morpholine rings is 1. The highest BCUT2D eigenvalue weighted by Crippen LogP contribution is 2.36. The Morgan fingerprint density at radius 2 is 1.88 bits per heavy atom. The van der Waals surface area contributed by atoms with Gasteiger partial charge in [-0.05, 0) is 50.1 Å². The van der Waals surface area contributed by atoms with Crippen molar-refractivity contribution in [1.82, 2.24) is 24.7 Å². The van der Waals surface area contributed by atoms with Gasteiger partial charge < -0.3 is 19.5 Å². The summed E-state index contributed by atoms with van der Waals surface area (Å²) in [5.41, 5.74) is 1.21. The van der Waals surface area contributed by atoms with Crippen molar-refractivity contribution in [2.75, 3.05) is 64.1 Å². The number of ether oxygens (including phenoxy) is 3. The van der Waals surface area contributed by atoms with Gasteiger partial charge in [0.2, 0.25) is 10.0 Å². The number of nitrogens with one attached hydrogen (secondary N) is 2. The Bertz CT molecular complexity index is 1450. The van der Waals surface area contributed by atoms with E-state index >= 15 is 0 Å². The van der Waals surface area contributed by atoms with E-state index in [1.54, 1.807) is 24.3 Å². The minimum atomic E-state index is -3.42. The molecule has 0 atom stereocenters. The molecular formula is C27H34ClFN6O5S. The van der Waals surface area contributed by atoms with Crippen LogP contribution in [0.3, 0.4) is 0 Å². The highest BCUT2D eigenvalue weighted by atomic mass is 35.5. The van der Waals surface area contributed by atoms with E-state index in [2.05, 4.69) is 25.0 Å². The SMILES string of the molecule is COc1cc2ncnc(Nc3ccc(F)c(Cl)c3)c2cc1OC1CCN(NS(=O)(=O)CCCN2CCOCC2)CC1. The summed E-state index contributed by atoms with van der Waals surface area (Å²) in [6, 6.07) is 7.92. The lowest BCUT2D eigenvalue weighted by atomic mass is 10.1. The smallest absolute Gasteiger partial charge is 0.224 e. The fourth-order valence-corrected chi connectivity index (χ4v) is 6.27. The number of piperidine rings is 1. The molecule has 2 N–H and O–H groups in total. The van der Waals surface area contributed by atoms with Crippen LogP contribution in [-0.4, -0.2) is 93.2 Å². The van der Waals surface area contributed by atoms with E-state index in [1.807, 2.05) is 6.07 Å². The molecule has 2 fully saturated rings. The molecule has 5 rings (SSSR count). The molecular weight excluding hydrogens is 575 g/mol. The topological polar surface area (TPSA) is 118 Å². The zero-order valence-corrected chi connectivity index (χ0v) is 24.4. The van der Waals surface area contributed by atoms with E-state index in [0.29, 0.717) is 79.5 Å². The number of aromatic nitrogens is 2. The number of benzene rings is 2. The Kier molecular flexibility index (Phi) is 9.73. The Morgan fingerprint density at radius 1 is 1.10 bits per heavy atom. The molecule has 11 nitrogen and oxygen atoms in total. The van der Waals surface area contributed by atoms with Crippen molar-refractivity contribution >= 4 is 44.0 Å². The summed E-state index contributed by atoms with van der Waals surface area (Å²) in [4.78, 5) is 13.7. The van der Waals surface area contributed by atoms with Crippen molar-refractivity contribution in [3.63, 3.8) is 0 Å². The first-order valence-electron chi connectivity index (χ1n) is 13.6. The predicted octanol–water partition coefficient (Wildman–Crippen LogP) is 3.57. The van der Waals surface area contributed by atoms with E-state index in [9.17, 15) is 12.8 Å². The van der Waals surface area contributed by atoms with Crippen LogP contribution >= 0.6 is 11.6 Å². The summed E-state index contributed by atoms with van der Waals surface area (Å²) in [6.45, 7) is 4.87. The first-order valence-corrected chi connectivity index (χ1v) is 15.6. The largest absolute Gasteiger partial charge is 0.493 e. The summed E-state index contributed by atoms with van der Waals surface area (Å²) in [6.07, 6.45) is 3.12. The van der Waals surface area contributed by atoms with Gasteiger partial charge in [0.1, 0.15) is 24.1 Å². The monoisotopic (exact) mass is 608 g/mol. The first kappa shape index (κ1) is 29.7. The molecule has 2 aliphatic rings. The summed E-state index contributed by atoms with van der Waals surface area (Å²) in [7, 11) is -1.86.